The first-order valence-corrected chi connectivity index (χ1v) is 9.17. The zero-order valence-corrected chi connectivity index (χ0v) is 16.0. The first-order valence-electron chi connectivity index (χ1n) is 9.17. The minimum absolute atomic E-state index is 0.175. The second kappa shape index (κ2) is 12.3. The molecule has 0 radical (unpaired) electrons. The van der Waals surface area contributed by atoms with Gasteiger partial charge < -0.3 is 10.2 Å². The van der Waals surface area contributed by atoms with Crippen molar-refractivity contribution in [1.29, 1.82) is 0 Å². The van der Waals surface area contributed by atoms with Gasteiger partial charge in [-0.15, -0.1) is 0 Å². The Labute approximate surface area is 143 Å². The fraction of sp³-hybridized carbons (Fsp3) is 0.700. The molecule has 1 aliphatic heterocycles. The Hall–Kier alpha value is -1.09. The van der Waals surface area contributed by atoms with E-state index in [1.165, 1.54) is 5.57 Å². The average molecular weight is 325 g/mol. The van der Waals surface area contributed by atoms with Gasteiger partial charge >= 0.3 is 0 Å². The summed E-state index contributed by atoms with van der Waals surface area (Å²) in [5, 5.41) is 3.24. The molecular formula is C20H37FN2. The predicted octanol–water partition coefficient (Wildman–Crippen LogP) is 5.30. The zero-order chi connectivity index (χ0) is 17.7. The van der Waals surface area contributed by atoms with E-state index in [9.17, 15) is 4.39 Å². The second-order valence-electron chi connectivity index (χ2n) is 5.87. The summed E-state index contributed by atoms with van der Waals surface area (Å²) in [4.78, 5) is 2.32. The number of halogens is 1. The first kappa shape index (κ1) is 21.9. The summed E-state index contributed by atoms with van der Waals surface area (Å²) in [6.45, 7) is 13.3. The van der Waals surface area contributed by atoms with Gasteiger partial charge in [0.05, 0.1) is 6.33 Å². The van der Waals surface area contributed by atoms with Crippen LogP contribution in [0.25, 0.3) is 0 Å². The summed E-state index contributed by atoms with van der Waals surface area (Å²) in [5.74, 6) is 0.510. The highest BCUT2D eigenvalue weighted by atomic mass is 19.1. The Balaban J connectivity index is 0.00000232. The van der Waals surface area contributed by atoms with E-state index in [2.05, 4.69) is 42.4 Å². The molecule has 2 unspecified atom stereocenters. The maximum Gasteiger partial charge on any atom is 0.0836 e. The monoisotopic (exact) mass is 324 g/mol. The van der Waals surface area contributed by atoms with Gasteiger partial charge in [-0.3, -0.25) is 0 Å². The van der Waals surface area contributed by atoms with Gasteiger partial charge in [0.2, 0.25) is 0 Å². The second-order valence-corrected chi connectivity index (χ2v) is 5.87. The van der Waals surface area contributed by atoms with Crippen LogP contribution in [-0.4, -0.2) is 31.6 Å². The van der Waals surface area contributed by atoms with Crippen LogP contribution in [0.2, 0.25) is 0 Å². The molecule has 134 valence electrons. The van der Waals surface area contributed by atoms with Crippen LogP contribution in [0.5, 0.6) is 0 Å². The summed E-state index contributed by atoms with van der Waals surface area (Å²) in [7, 11) is 1.99. The lowest BCUT2D eigenvalue weighted by atomic mass is 9.72. The average Bonchev–Trinajstić information content (AvgIpc) is 2.95. The summed E-state index contributed by atoms with van der Waals surface area (Å²) >= 11 is 0. The van der Waals surface area contributed by atoms with E-state index >= 15 is 0 Å². The zero-order valence-electron chi connectivity index (χ0n) is 16.0. The largest absolute Gasteiger partial charge is 0.376 e. The van der Waals surface area contributed by atoms with E-state index in [0.717, 1.165) is 45.2 Å². The van der Waals surface area contributed by atoms with Crippen molar-refractivity contribution in [1.82, 2.24) is 10.2 Å². The third-order valence-electron chi connectivity index (χ3n) is 4.56. The lowest BCUT2D eigenvalue weighted by Gasteiger charge is -2.32. The van der Waals surface area contributed by atoms with Crippen molar-refractivity contribution in [3.05, 3.63) is 36.3 Å². The maximum absolute atomic E-state index is 13.1. The van der Waals surface area contributed by atoms with E-state index in [4.69, 9.17) is 0 Å². The SMILES string of the molecule is C/C=C\CC1(/C=C/F)CN(CC)C=C1C(CC)CCNC.CC. The highest BCUT2D eigenvalue weighted by molar-refractivity contribution is 5.31. The molecule has 0 aliphatic carbocycles. The highest BCUT2D eigenvalue weighted by Crippen LogP contribution is 2.45. The molecule has 0 aromatic heterocycles. The van der Waals surface area contributed by atoms with E-state index < -0.39 is 0 Å². The Kier molecular flexibility index (Phi) is 11.8. The quantitative estimate of drug-likeness (QED) is 0.579. The molecule has 1 rings (SSSR count). The number of nitrogens with one attached hydrogen (secondary N) is 1. The Bertz CT molecular complexity index is 387. The predicted molar refractivity (Wildman–Crippen MR) is 101 cm³/mol. The lowest BCUT2D eigenvalue weighted by Crippen LogP contribution is -2.30. The van der Waals surface area contributed by atoms with Crippen molar-refractivity contribution in [2.24, 2.45) is 11.3 Å². The Morgan fingerprint density at radius 1 is 1.39 bits per heavy atom. The van der Waals surface area contributed by atoms with E-state index in [-0.39, 0.29) is 5.41 Å². The maximum atomic E-state index is 13.1. The van der Waals surface area contributed by atoms with Gasteiger partial charge in [0.1, 0.15) is 0 Å². The van der Waals surface area contributed by atoms with Gasteiger partial charge in [0.15, 0.2) is 0 Å². The topological polar surface area (TPSA) is 15.3 Å². The van der Waals surface area contributed by atoms with Crippen LogP contribution >= 0.6 is 0 Å². The van der Waals surface area contributed by atoms with Crippen molar-refractivity contribution in [3.63, 3.8) is 0 Å². The summed E-state index contributed by atoms with van der Waals surface area (Å²) in [6, 6.07) is 0. The van der Waals surface area contributed by atoms with E-state index in [1.54, 1.807) is 6.08 Å². The van der Waals surface area contributed by atoms with E-state index in [1.807, 2.05) is 27.8 Å². The smallest absolute Gasteiger partial charge is 0.0836 e. The molecule has 1 aliphatic rings. The van der Waals surface area contributed by atoms with Gasteiger partial charge in [0, 0.05) is 18.5 Å². The molecule has 0 saturated carbocycles. The van der Waals surface area contributed by atoms with Crippen LogP contribution in [0.4, 0.5) is 4.39 Å². The highest BCUT2D eigenvalue weighted by Gasteiger charge is 2.40. The number of rotatable bonds is 9. The Morgan fingerprint density at radius 3 is 2.57 bits per heavy atom. The molecule has 1 N–H and O–H groups in total. The summed E-state index contributed by atoms with van der Waals surface area (Å²) < 4.78 is 13.1. The van der Waals surface area contributed by atoms with Gasteiger partial charge in [-0.2, -0.15) is 0 Å². The minimum Gasteiger partial charge on any atom is -0.376 e. The van der Waals surface area contributed by atoms with Gasteiger partial charge in [-0.1, -0.05) is 32.9 Å². The van der Waals surface area contributed by atoms with Crippen LogP contribution in [0.1, 0.15) is 53.9 Å². The van der Waals surface area contributed by atoms with Crippen LogP contribution in [0, 0.1) is 11.3 Å². The Morgan fingerprint density at radius 2 is 2.09 bits per heavy atom. The molecule has 0 aromatic carbocycles. The molecule has 0 spiro atoms. The van der Waals surface area contributed by atoms with Crippen LogP contribution in [0.15, 0.2) is 36.3 Å². The molecule has 0 bridgehead atoms. The molecular weight excluding hydrogens is 287 g/mol. The lowest BCUT2D eigenvalue weighted by molar-refractivity contribution is 0.314. The minimum atomic E-state index is -0.175. The molecule has 1 heterocycles. The molecule has 0 saturated heterocycles. The molecule has 0 fully saturated rings. The van der Waals surface area contributed by atoms with Crippen molar-refractivity contribution in [2.75, 3.05) is 26.7 Å². The standard InChI is InChI=1S/C18H31FN2.C2H6/c1-5-8-10-18(11-12-19)15-21(7-3)14-17(18)16(6-2)9-13-20-4;1-2/h5,8,11-12,14,16,20H,6-7,9-10,13,15H2,1-4H3;1-2H3/b8-5-,12-11+;. The molecule has 23 heavy (non-hydrogen) atoms. The van der Waals surface area contributed by atoms with Gasteiger partial charge in [0.25, 0.3) is 0 Å². The van der Waals surface area contributed by atoms with Crippen LogP contribution in [-0.2, 0) is 0 Å². The van der Waals surface area contributed by atoms with Crippen LogP contribution < -0.4 is 5.32 Å². The van der Waals surface area contributed by atoms with Crippen molar-refractivity contribution in [3.8, 4) is 0 Å². The van der Waals surface area contributed by atoms with E-state index in [0.29, 0.717) is 5.92 Å². The van der Waals surface area contributed by atoms with Crippen molar-refractivity contribution < 1.29 is 4.39 Å². The molecule has 2 nitrogen and oxygen atoms in total. The number of hydrogen-bond donors (Lipinski definition) is 1. The molecule has 0 amide bonds. The van der Waals surface area contributed by atoms with Crippen LogP contribution in [0.3, 0.4) is 0 Å². The fourth-order valence-electron chi connectivity index (χ4n) is 3.29. The van der Waals surface area contributed by atoms with Gasteiger partial charge in [-0.25, -0.2) is 4.39 Å². The van der Waals surface area contributed by atoms with Gasteiger partial charge in [-0.05, 0) is 70.5 Å². The summed E-state index contributed by atoms with van der Waals surface area (Å²) in [5.41, 5.74) is 1.22. The third kappa shape index (κ3) is 6.14. The summed E-state index contributed by atoms with van der Waals surface area (Å²) in [6.07, 6.45) is 12.1. The van der Waals surface area contributed by atoms with Crippen molar-refractivity contribution in [2.45, 2.75) is 53.9 Å². The first-order chi connectivity index (χ1) is 11.2. The fourth-order valence-corrected chi connectivity index (χ4v) is 3.29. The molecule has 0 aromatic rings. The number of hydrogen-bond acceptors (Lipinski definition) is 2. The number of nitrogens with zero attached hydrogens (tertiary/aromatic N) is 1. The molecule has 2 atom stereocenters. The number of allylic oxidation sites excluding steroid dienone is 2. The normalized spacial score (nSPS) is 22.4. The van der Waals surface area contributed by atoms with Crippen molar-refractivity contribution >= 4 is 0 Å². The molecule has 3 heteroatoms. The third-order valence-corrected chi connectivity index (χ3v) is 4.56.